The molecule has 100 valence electrons. The minimum absolute atomic E-state index is 0.0645. The van der Waals surface area contributed by atoms with Crippen LogP contribution in [0.3, 0.4) is 0 Å². The Morgan fingerprint density at radius 1 is 1.50 bits per heavy atom. The molecule has 0 heterocycles. The van der Waals surface area contributed by atoms with Crippen molar-refractivity contribution in [1.29, 1.82) is 0 Å². The van der Waals surface area contributed by atoms with Crippen molar-refractivity contribution in [1.82, 2.24) is 5.32 Å². The fourth-order valence-electron chi connectivity index (χ4n) is 1.61. The number of halogens is 1. The lowest BCUT2D eigenvalue weighted by atomic mass is 9.99. The van der Waals surface area contributed by atoms with Crippen LogP contribution in [0.1, 0.15) is 45.2 Å². The van der Waals surface area contributed by atoms with Crippen molar-refractivity contribution in [3.05, 3.63) is 35.6 Å². The fourth-order valence-corrected chi connectivity index (χ4v) is 1.61. The highest BCUT2D eigenvalue weighted by atomic mass is 19.1. The average molecular weight is 252 g/mol. The van der Waals surface area contributed by atoms with E-state index in [4.69, 9.17) is 5.73 Å². The maximum absolute atomic E-state index is 13.0. The highest BCUT2D eigenvalue weighted by Gasteiger charge is 2.15. The van der Waals surface area contributed by atoms with Gasteiger partial charge in [-0.3, -0.25) is 4.79 Å². The van der Waals surface area contributed by atoms with Crippen LogP contribution in [-0.2, 0) is 4.79 Å². The predicted molar refractivity (Wildman–Crippen MR) is 70.5 cm³/mol. The SMILES string of the molecule is C[C@@H](NC(=O)CCC(C)(C)N)c1cccc(F)c1. The van der Waals surface area contributed by atoms with Crippen LogP contribution in [0, 0.1) is 5.82 Å². The Bertz CT molecular complexity index is 413. The minimum atomic E-state index is -0.348. The van der Waals surface area contributed by atoms with Gasteiger partial charge in [0.25, 0.3) is 0 Å². The lowest BCUT2D eigenvalue weighted by Crippen LogP contribution is -2.35. The first kappa shape index (κ1) is 14.6. The first-order chi connectivity index (χ1) is 8.28. The molecule has 0 aromatic heterocycles. The number of hydrogen-bond acceptors (Lipinski definition) is 2. The van der Waals surface area contributed by atoms with Gasteiger partial charge in [0.05, 0.1) is 6.04 Å². The molecule has 0 unspecified atom stereocenters. The topological polar surface area (TPSA) is 55.1 Å². The van der Waals surface area contributed by atoms with Crippen LogP contribution in [0.25, 0.3) is 0 Å². The van der Waals surface area contributed by atoms with Gasteiger partial charge in [0, 0.05) is 12.0 Å². The lowest BCUT2D eigenvalue weighted by molar-refractivity contribution is -0.122. The quantitative estimate of drug-likeness (QED) is 0.846. The summed E-state index contributed by atoms with van der Waals surface area (Å²) < 4.78 is 13.0. The predicted octanol–water partition coefficient (Wildman–Crippen LogP) is 2.52. The molecule has 1 amide bonds. The van der Waals surface area contributed by atoms with Gasteiger partial charge in [-0.25, -0.2) is 4.39 Å². The maximum atomic E-state index is 13.0. The van der Waals surface area contributed by atoms with Crippen LogP contribution < -0.4 is 11.1 Å². The first-order valence-electron chi connectivity index (χ1n) is 6.11. The standard InChI is InChI=1S/C14H21FN2O/c1-10(11-5-4-6-12(15)9-11)17-13(18)7-8-14(2,3)16/h4-6,9-10H,7-8,16H2,1-3H3,(H,17,18)/t10-/m1/s1. The van der Waals surface area contributed by atoms with Gasteiger partial charge in [-0.1, -0.05) is 12.1 Å². The van der Waals surface area contributed by atoms with Crippen LogP contribution in [0.4, 0.5) is 4.39 Å². The third kappa shape index (κ3) is 5.27. The van der Waals surface area contributed by atoms with E-state index in [1.807, 2.05) is 20.8 Å². The van der Waals surface area contributed by atoms with Crippen molar-refractivity contribution >= 4 is 5.91 Å². The Labute approximate surface area is 108 Å². The van der Waals surface area contributed by atoms with Crippen LogP contribution in [0.2, 0.25) is 0 Å². The van der Waals surface area contributed by atoms with Gasteiger partial charge in [0.1, 0.15) is 5.82 Å². The number of nitrogens with two attached hydrogens (primary N) is 1. The average Bonchev–Trinajstić information content (AvgIpc) is 2.25. The van der Waals surface area contributed by atoms with E-state index in [0.717, 1.165) is 5.56 Å². The summed E-state index contributed by atoms with van der Waals surface area (Å²) >= 11 is 0. The van der Waals surface area contributed by atoms with E-state index in [0.29, 0.717) is 12.8 Å². The van der Waals surface area contributed by atoms with Gasteiger partial charge in [-0.2, -0.15) is 0 Å². The molecule has 1 aromatic rings. The Balaban J connectivity index is 2.50. The van der Waals surface area contributed by atoms with Gasteiger partial charge in [-0.15, -0.1) is 0 Å². The fraction of sp³-hybridized carbons (Fsp3) is 0.500. The van der Waals surface area contributed by atoms with Gasteiger partial charge < -0.3 is 11.1 Å². The minimum Gasteiger partial charge on any atom is -0.350 e. The molecule has 1 atom stereocenters. The van der Waals surface area contributed by atoms with E-state index in [-0.39, 0.29) is 23.3 Å². The second-order valence-corrected chi connectivity index (χ2v) is 5.33. The van der Waals surface area contributed by atoms with E-state index in [2.05, 4.69) is 5.32 Å². The number of nitrogens with one attached hydrogen (secondary N) is 1. The van der Waals surface area contributed by atoms with E-state index in [1.54, 1.807) is 12.1 Å². The molecule has 0 aliphatic rings. The summed E-state index contributed by atoms with van der Waals surface area (Å²) in [6.07, 6.45) is 0.998. The number of benzene rings is 1. The van der Waals surface area contributed by atoms with E-state index < -0.39 is 0 Å². The van der Waals surface area contributed by atoms with E-state index in [1.165, 1.54) is 12.1 Å². The molecule has 0 fully saturated rings. The van der Waals surface area contributed by atoms with Crippen LogP contribution in [-0.4, -0.2) is 11.4 Å². The van der Waals surface area contributed by atoms with Gasteiger partial charge in [0.2, 0.25) is 5.91 Å². The maximum Gasteiger partial charge on any atom is 0.220 e. The highest BCUT2D eigenvalue weighted by Crippen LogP contribution is 2.14. The summed E-state index contributed by atoms with van der Waals surface area (Å²) in [5, 5.41) is 2.83. The smallest absolute Gasteiger partial charge is 0.220 e. The molecule has 0 aliphatic heterocycles. The number of rotatable bonds is 5. The molecule has 0 saturated heterocycles. The third-order valence-corrected chi connectivity index (χ3v) is 2.72. The summed E-state index contributed by atoms with van der Waals surface area (Å²) in [6.45, 7) is 5.60. The molecular formula is C14H21FN2O. The Morgan fingerprint density at radius 3 is 2.72 bits per heavy atom. The highest BCUT2D eigenvalue weighted by molar-refractivity contribution is 5.76. The Morgan fingerprint density at radius 2 is 2.17 bits per heavy atom. The zero-order valence-electron chi connectivity index (χ0n) is 11.2. The summed E-state index contributed by atoms with van der Waals surface area (Å²) in [5.74, 6) is -0.359. The zero-order valence-corrected chi connectivity index (χ0v) is 11.2. The first-order valence-corrected chi connectivity index (χ1v) is 6.11. The monoisotopic (exact) mass is 252 g/mol. The largest absolute Gasteiger partial charge is 0.350 e. The second kappa shape index (κ2) is 5.96. The summed E-state index contributed by atoms with van der Waals surface area (Å²) in [7, 11) is 0. The normalized spacial score (nSPS) is 13.2. The van der Waals surface area contributed by atoms with Crippen molar-refractivity contribution in [2.45, 2.75) is 45.2 Å². The van der Waals surface area contributed by atoms with Crippen LogP contribution >= 0.6 is 0 Å². The van der Waals surface area contributed by atoms with Crippen molar-refractivity contribution in [3.63, 3.8) is 0 Å². The number of hydrogen-bond donors (Lipinski definition) is 2. The van der Waals surface area contributed by atoms with Crippen LogP contribution in [0.15, 0.2) is 24.3 Å². The molecule has 3 N–H and O–H groups in total. The number of carbonyl (C=O) groups is 1. The second-order valence-electron chi connectivity index (χ2n) is 5.33. The zero-order chi connectivity index (χ0) is 13.8. The van der Waals surface area contributed by atoms with Gasteiger partial charge >= 0.3 is 0 Å². The molecule has 0 saturated carbocycles. The molecule has 0 aliphatic carbocycles. The summed E-state index contributed by atoms with van der Waals surface area (Å²) in [6, 6.07) is 6.04. The number of amides is 1. The molecule has 1 rings (SSSR count). The summed E-state index contributed by atoms with van der Waals surface area (Å²) in [5.41, 5.74) is 6.23. The molecule has 0 radical (unpaired) electrons. The third-order valence-electron chi connectivity index (χ3n) is 2.72. The Hall–Kier alpha value is -1.42. The molecular weight excluding hydrogens is 231 g/mol. The summed E-state index contributed by atoms with van der Waals surface area (Å²) in [4.78, 5) is 11.7. The molecule has 18 heavy (non-hydrogen) atoms. The van der Waals surface area contributed by atoms with Crippen molar-refractivity contribution in [3.8, 4) is 0 Å². The van der Waals surface area contributed by atoms with Gasteiger partial charge in [0.15, 0.2) is 0 Å². The number of carbonyl (C=O) groups excluding carboxylic acids is 1. The Kier molecular flexibility index (Phi) is 4.84. The van der Waals surface area contributed by atoms with E-state index >= 15 is 0 Å². The lowest BCUT2D eigenvalue weighted by Gasteiger charge is -2.19. The molecule has 0 bridgehead atoms. The molecule has 0 spiro atoms. The molecule has 4 heteroatoms. The van der Waals surface area contributed by atoms with Crippen molar-refractivity contribution in [2.75, 3.05) is 0 Å². The van der Waals surface area contributed by atoms with Crippen LogP contribution in [0.5, 0.6) is 0 Å². The molecule has 1 aromatic carbocycles. The van der Waals surface area contributed by atoms with Crippen molar-refractivity contribution < 1.29 is 9.18 Å². The van der Waals surface area contributed by atoms with Gasteiger partial charge in [-0.05, 0) is 44.9 Å². The van der Waals surface area contributed by atoms with Crippen molar-refractivity contribution in [2.24, 2.45) is 5.73 Å². The molecule has 3 nitrogen and oxygen atoms in total. The van der Waals surface area contributed by atoms with E-state index in [9.17, 15) is 9.18 Å².